The van der Waals surface area contributed by atoms with E-state index in [1.165, 1.54) is 18.6 Å². The highest BCUT2D eigenvalue weighted by Crippen LogP contribution is 2.15. The average molecular weight is 291 g/mol. The molecule has 1 aromatic carbocycles. The number of benzene rings is 1. The van der Waals surface area contributed by atoms with Crippen LogP contribution in [0, 0.1) is 0 Å². The van der Waals surface area contributed by atoms with Gasteiger partial charge in [0, 0.05) is 24.1 Å². The molecule has 0 fully saturated rings. The van der Waals surface area contributed by atoms with Crippen molar-refractivity contribution in [3.05, 3.63) is 53.6 Å². The smallest absolute Gasteiger partial charge is 0.175 e. The van der Waals surface area contributed by atoms with Gasteiger partial charge in [0.1, 0.15) is 0 Å². The summed E-state index contributed by atoms with van der Waals surface area (Å²) in [6.07, 6.45) is 2.91. The Bertz CT molecular complexity index is 723. The number of rotatable bonds is 5. The predicted octanol–water partition coefficient (Wildman–Crippen LogP) is 2.70. The van der Waals surface area contributed by atoms with Crippen LogP contribution < -0.4 is 0 Å². The van der Waals surface area contributed by atoms with E-state index in [1.807, 2.05) is 30.3 Å². The molecule has 1 heterocycles. The second kappa shape index (κ2) is 6.15. The summed E-state index contributed by atoms with van der Waals surface area (Å²) in [4.78, 5) is 4.26. The SMILES string of the molecule is COC(C)/C=C/S(=O)(=O)Cc1cnc2ccccc2c1. The molecule has 106 valence electrons. The van der Waals surface area contributed by atoms with Gasteiger partial charge in [0.25, 0.3) is 0 Å². The van der Waals surface area contributed by atoms with E-state index in [2.05, 4.69) is 4.98 Å². The summed E-state index contributed by atoms with van der Waals surface area (Å²) < 4.78 is 29.0. The first-order valence-electron chi connectivity index (χ1n) is 6.27. The lowest BCUT2D eigenvalue weighted by molar-refractivity contribution is 0.156. The first-order valence-corrected chi connectivity index (χ1v) is 7.99. The van der Waals surface area contributed by atoms with Crippen molar-refractivity contribution in [2.24, 2.45) is 0 Å². The number of sulfone groups is 1. The van der Waals surface area contributed by atoms with E-state index < -0.39 is 9.84 Å². The zero-order valence-corrected chi connectivity index (χ0v) is 12.3. The van der Waals surface area contributed by atoms with E-state index in [0.29, 0.717) is 5.56 Å². The molecule has 0 aliphatic heterocycles. The topological polar surface area (TPSA) is 56.3 Å². The molecule has 0 aliphatic rings. The number of hydrogen-bond acceptors (Lipinski definition) is 4. The van der Waals surface area contributed by atoms with Crippen LogP contribution in [0.5, 0.6) is 0 Å². The van der Waals surface area contributed by atoms with Crippen LogP contribution in [-0.4, -0.2) is 26.6 Å². The van der Waals surface area contributed by atoms with E-state index in [4.69, 9.17) is 4.74 Å². The highest BCUT2D eigenvalue weighted by atomic mass is 32.2. The van der Waals surface area contributed by atoms with Crippen molar-refractivity contribution in [1.29, 1.82) is 0 Å². The Hall–Kier alpha value is -1.72. The molecule has 20 heavy (non-hydrogen) atoms. The molecule has 1 aromatic heterocycles. The van der Waals surface area contributed by atoms with Crippen LogP contribution in [0.15, 0.2) is 48.0 Å². The Morgan fingerprint density at radius 3 is 2.85 bits per heavy atom. The molecule has 0 amide bonds. The number of para-hydroxylation sites is 1. The molecule has 0 saturated carbocycles. The fraction of sp³-hybridized carbons (Fsp3) is 0.267. The van der Waals surface area contributed by atoms with Crippen LogP contribution in [0.3, 0.4) is 0 Å². The van der Waals surface area contributed by atoms with Crippen LogP contribution >= 0.6 is 0 Å². The number of nitrogens with zero attached hydrogens (tertiary/aromatic N) is 1. The molecule has 0 spiro atoms. The highest BCUT2D eigenvalue weighted by Gasteiger charge is 2.09. The molecule has 0 bridgehead atoms. The van der Waals surface area contributed by atoms with E-state index in [-0.39, 0.29) is 11.9 Å². The first-order chi connectivity index (χ1) is 9.50. The maximum atomic E-state index is 12.0. The predicted molar refractivity (Wildman–Crippen MR) is 80.0 cm³/mol. The van der Waals surface area contributed by atoms with Gasteiger partial charge in [-0.05, 0) is 30.7 Å². The number of methoxy groups -OCH3 is 1. The van der Waals surface area contributed by atoms with Gasteiger partial charge >= 0.3 is 0 Å². The molecular formula is C15H17NO3S. The number of pyridine rings is 1. The van der Waals surface area contributed by atoms with Gasteiger partial charge in [-0.15, -0.1) is 0 Å². The van der Waals surface area contributed by atoms with Gasteiger partial charge < -0.3 is 4.74 Å². The van der Waals surface area contributed by atoms with Crippen LogP contribution in [-0.2, 0) is 20.3 Å². The second-order valence-electron chi connectivity index (χ2n) is 4.61. The quantitative estimate of drug-likeness (QED) is 0.850. The van der Waals surface area contributed by atoms with E-state index in [0.717, 1.165) is 10.9 Å². The zero-order valence-electron chi connectivity index (χ0n) is 11.5. The van der Waals surface area contributed by atoms with Crippen molar-refractivity contribution in [1.82, 2.24) is 4.98 Å². The summed E-state index contributed by atoms with van der Waals surface area (Å²) in [5, 5.41) is 2.14. The van der Waals surface area contributed by atoms with Gasteiger partial charge in [-0.1, -0.05) is 18.2 Å². The minimum absolute atomic E-state index is 0.0578. The van der Waals surface area contributed by atoms with Gasteiger partial charge in [-0.2, -0.15) is 0 Å². The van der Waals surface area contributed by atoms with E-state index in [9.17, 15) is 8.42 Å². The molecule has 1 unspecified atom stereocenters. The average Bonchev–Trinajstić information content (AvgIpc) is 2.44. The van der Waals surface area contributed by atoms with Crippen molar-refractivity contribution in [3.8, 4) is 0 Å². The Balaban J connectivity index is 2.21. The number of hydrogen-bond donors (Lipinski definition) is 0. The summed E-state index contributed by atoms with van der Waals surface area (Å²) >= 11 is 0. The minimum atomic E-state index is -3.31. The van der Waals surface area contributed by atoms with Crippen LogP contribution in [0.25, 0.3) is 10.9 Å². The van der Waals surface area contributed by atoms with Crippen molar-refractivity contribution < 1.29 is 13.2 Å². The molecule has 0 saturated heterocycles. The van der Waals surface area contributed by atoms with Gasteiger partial charge in [0.2, 0.25) is 0 Å². The molecule has 0 radical (unpaired) electrons. The summed E-state index contributed by atoms with van der Waals surface area (Å²) in [6, 6.07) is 9.48. The van der Waals surface area contributed by atoms with Crippen LogP contribution in [0.4, 0.5) is 0 Å². The Morgan fingerprint density at radius 1 is 1.35 bits per heavy atom. The summed E-state index contributed by atoms with van der Waals surface area (Å²) in [6.45, 7) is 1.78. The minimum Gasteiger partial charge on any atom is -0.378 e. The Labute approximate surface area is 119 Å². The van der Waals surface area contributed by atoms with Gasteiger partial charge in [0.05, 0.1) is 17.4 Å². The fourth-order valence-electron chi connectivity index (χ4n) is 1.78. The normalized spacial score (nSPS) is 13.9. The summed E-state index contributed by atoms with van der Waals surface area (Å²) in [7, 11) is -1.77. The van der Waals surface area contributed by atoms with Crippen LogP contribution in [0.1, 0.15) is 12.5 Å². The lowest BCUT2D eigenvalue weighted by Gasteiger charge is -2.04. The molecule has 1 atom stereocenters. The Morgan fingerprint density at radius 2 is 2.10 bits per heavy atom. The molecule has 2 rings (SSSR count). The Kier molecular flexibility index (Phi) is 4.52. The molecule has 0 aliphatic carbocycles. The van der Waals surface area contributed by atoms with Gasteiger partial charge in [-0.25, -0.2) is 8.42 Å². The third kappa shape index (κ3) is 3.88. The lowest BCUT2D eigenvalue weighted by atomic mass is 10.2. The number of ether oxygens (including phenoxy) is 1. The molecular weight excluding hydrogens is 274 g/mol. The number of aromatic nitrogens is 1. The van der Waals surface area contributed by atoms with Gasteiger partial charge in [-0.3, -0.25) is 4.98 Å². The van der Waals surface area contributed by atoms with Crippen molar-refractivity contribution in [2.75, 3.05) is 7.11 Å². The van der Waals surface area contributed by atoms with Crippen LogP contribution in [0.2, 0.25) is 0 Å². The van der Waals surface area contributed by atoms with Gasteiger partial charge in [0.15, 0.2) is 9.84 Å². The molecule has 2 aromatic rings. The standard InChI is InChI=1S/C15H17NO3S/c1-12(19-2)7-8-20(17,18)11-13-9-14-5-3-4-6-15(14)16-10-13/h3-10,12H,11H2,1-2H3/b8-7+. The third-order valence-electron chi connectivity index (χ3n) is 2.94. The largest absolute Gasteiger partial charge is 0.378 e. The fourth-order valence-corrected chi connectivity index (χ4v) is 2.96. The summed E-state index contributed by atoms with van der Waals surface area (Å²) in [5.74, 6) is -0.0578. The van der Waals surface area contributed by atoms with Crippen molar-refractivity contribution >= 4 is 20.7 Å². The lowest BCUT2D eigenvalue weighted by Crippen LogP contribution is -2.04. The first kappa shape index (κ1) is 14.7. The second-order valence-corrected chi connectivity index (χ2v) is 6.50. The third-order valence-corrected chi connectivity index (χ3v) is 4.25. The highest BCUT2D eigenvalue weighted by molar-refractivity contribution is 7.93. The molecule has 4 nitrogen and oxygen atoms in total. The van der Waals surface area contributed by atoms with Crippen molar-refractivity contribution in [2.45, 2.75) is 18.8 Å². The monoisotopic (exact) mass is 291 g/mol. The number of fused-ring (bicyclic) bond motifs is 1. The maximum absolute atomic E-state index is 12.0. The van der Waals surface area contributed by atoms with E-state index in [1.54, 1.807) is 13.1 Å². The molecule has 5 heteroatoms. The maximum Gasteiger partial charge on any atom is 0.175 e. The van der Waals surface area contributed by atoms with E-state index >= 15 is 0 Å². The molecule has 0 N–H and O–H groups in total. The van der Waals surface area contributed by atoms with Crippen molar-refractivity contribution in [3.63, 3.8) is 0 Å². The zero-order chi connectivity index (χ0) is 14.6. The summed E-state index contributed by atoms with van der Waals surface area (Å²) in [5.41, 5.74) is 1.54.